The lowest BCUT2D eigenvalue weighted by atomic mass is 10.0. The first-order valence-electron chi connectivity index (χ1n) is 11.4. The summed E-state index contributed by atoms with van der Waals surface area (Å²) in [4.78, 5) is 28.5. The number of hydrogen-bond donors (Lipinski definition) is 3. The van der Waals surface area contributed by atoms with Crippen LogP contribution in [-0.2, 0) is 17.6 Å². The highest BCUT2D eigenvalue weighted by Crippen LogP contribution is 2.20. The first kappa shape index (κ1) is 24.2. The first-order valence-corrected chi connectivity index (χ1v) is 11.4. The second-order valence-electron chi connectivity index (χ2n) is 8.32. The van der Waals surface area contributed by atoms with Crippen molar-refractivity contribution in [3.05, 3.63) is 58.5 Å². The van der Waals surface area contributed by atoms with Gasteiger partial charge in [-0.1, -0.05) is 31.7 Å². The molecule has 174 valence electrons. The number of anilines is 1. The smallest absolute Gasteiger partial charge is 0.326 e. The molecule has 2 heterocycles. The monoisotopic (exact) mass is 452 g/mol. The fraction of sp³-hybridized carbons (Fsp3) is 0.440. The molecule has 1 amide bonds. The molecule has 0 fully saturated rings. The maximum Gasteiger partial charge on any atom is 0.326 e. The normalized spacial score (nSPS) is 13.3. The molecule has 1 atom stereocenters. The Morgan fingerprint density at radius 3 is 2.73 bits per heavy atom. The number of carbonyl (C=O) groups is 2. The quantitative estimate of drug-likeness (QED) is 0.440. The van der Waals surface area contributed by atoms with Gasteiger partial charge in [-0.05, 0) is 61.9 Å². The van der Waals surface area contributed by atoms with Gasteiger partial charge in [-0.15, -0.1) is 0 Å². The Bertz CT molecular complexity index is 1030. The van der Waals surface area contributed by atoms with Crippen LogP contribution in [0.4, 0.5) is 10.2 Å². The molecule has 0 spiro atoms. The first-order chi connectivity index (χ1) is 16.0. The van der Waals surface area contributed by atoms with Gasteiger partial charge in [0, 0.05) is 12.2 Å². The van der Waals surface area contributed by atoms with Crippen LogP contribution in [0.3, 0.4) is 0 Å². The van der Waals surface area contributed by atoms with Crippen LogP contribution in [0, 0.1) is 17.1 Å². The number of carboxylic acid groups (broad SMARTS) is 1. The van der Waals surface area contributed by atoms with Crippen molar-refractivity contribution in [1.82, 2.24) is 10.3 Å². The van der Waals surface area contributed by atoms with Crippen molar-refractivity contribution >= 4 is 17.7 Å². The van der Waals surface area contributed by atoms with E-state index < -0.39 is 23.7 Å². The summed E-state index contributed by atoms with van der Waals surface area (Å²) in [6.45, 7) is 0.976. The number of aryl methyl sites for hydroxylation is 2. The molecule has 1 aliphatic rings. The number of carboxylic acids is 1. The van der Waals surface area contributed by atoms with Gasteiger partial charge in [0.1, 0.15) is 17.7 Å². The molecule has 3 N–H and O–H groups in total. The van der Waals surface area contributed by atoms with Crippen LogP contribution >= 0.6 is 0 Å². The summed E-state index contributed by atoms with van der Waals surface area (Å²) in [7, 11) is 0. The average Bonchev–Trinajstić information content (AvgIpc) is 2.82. The summed E-state index contributed by atoms with van der Waals surface area (Å²) < 4.78 is 14.0. The number of nitriles is 1. The summed E-state index contributed by atoms with van der Waals surface area (Å²) in [5, 5.41) is 23.9. The third-order valence-corrected chi connectivity index (χ3v) is 5.82. The lowest BCUT2D eigenvalue weighted by Crippen LogP contribution is -2.41. The van der Waals surface area contributed by atoms with Gasteiger partial charge in [-0.25, -0.2) is 14.2 Å². The van der Waals surface area contributed by atoms with Crippen LogP contribution < -0.4 is 10.6 Å². The van der Waals surface area contributed by atoms with Crippen molar-refractivity contribution in [2.45, 2.75) is 63.8 Å². The second kappa shape index (κ2) is 12.0. The average molecular weight is 453 g/mol. The maximum absolute atomic E-state index is 14.0. The van der Waals surface area contributed by atoms with Gasteiger partial charge in [0.15, 0.2) is 0 Å². The number of aromatic nitrogens is 1. The Morgan fingerprint density at radius 1 is 1.18 bits per heavy atom. The van der Waals surface area contributed by atoms with E-state index in [-0.39, 0.29) is 17.5 Å². The van der Waals surface area contributed by atoms with Crippen LogP contribution in [0.5, 0.6) is 0 Å². The van der Waals surface area contributed by atoms with Crippen LogP contribution in [0.25, 0.3) is 0 Å². The maximum atomic E-state index is 14.0. The predicted octanol–water partition coefficient (Wildman–Crippen LogP) is 4.22. The summed E-state index contributed by atoms with van der Waals surface area (Å²) in [5.74, 6) is -1.78. The Hall–Kier alpha value is -3.47. The molecule has 1 aliphatic heterocycles. The number of pyridine rings is 1. The Morgan fingerprint density at radius 2 is 1.97 bits per heavy atom. The molecule has 33 heavy (non-hydrogen) atoms. The van der Waals surface area contributed by atoms with Gasteiger partial charge in [-0.3, -0.25) is 4.79 Å². The van der Waals surface area contributed by atoms with Gasteiger partial charge in [-0.2, -0.15) is 5.26 Å². The zero-order valence-corrected chi connectivity index (χ0v) is 18.6. The lowest BCUT2D eigenvalue weighted by molar-refractivity contribution is -0.139. The highest BCUT2D eigenvalue weighted by Gasteiger charge is 2.22. The molecule has 0 radical (unpaired) electrons. The van der Waals surface area contributed by atoms with E-state index in [1.807, 2.05) is 0 Å². The summed E-state index contributed by atoms with van der Waals surface area (Å²) >= 11 is 0. The van der Waals surface area contributed by atoms with Crippen LogP contribution in [0.2, 0.25) is 0 Å². The summed E-state index contributed by atoms with van der Waals surface area (Å²) in [5.41, 5.74) is 2.20. The molecule has 0 saturated carbocycles. The largest absolute Gasteiger partial charge is 0.480 e. The SMILES string of the molecule is N#Cc1ccc(C(=O)N[C@@H](CCCCCCCc2ccc3c(n2)NCCC3)C(=O)O)c(F)c1. The van der Waals surface area contributed by atoms with E-state index in [2.05, 4.69) is 22.8 Å². The lowest BCUT2D eigenvalue weighted by Gasteiger charge is -2.17. The molecular formula is C25H29FN4O3. The number of rotatable bonds is 11. The fourth-order valence-corrected chi connectivity index (χ4v) is 3.96. The zero-order valence-electron chi connectivity index (χ0n) is 18.6. The van der Waals surface area contributed by atoms with Crippen molar-refractivity contribution in [3.8, 4) is 6.07 Å². The number of hydrogen-bond acceptors (Lipinski definition) is 5. The minimum Gasteiger partial charge on any atom is -0.480 e. The van der Waals surface area contributed by atoms with Crippen LogP contribution in [0.15, 0.2) is 30.3 Å². The molecule has 0 bridgehead atoms. The number of amides is 1. The van der Waals surface area contributed by atoms with E-state index in [9.17, 15) is 19.1 Å². The summed E-state index contributed by atoms with van der Waals surface area (Å²) in [6, 6.07) is 8.44. The van der Waals surface area contributed by atoms with E-state index >= 15 is 0 Å². The standard InChI is InChI=1S/C25H29FN4O3/c26-21-15-17(16-27)10-13-20(21)24(31)30-22(25(32)33)9-5-3-1-2-4-8-19-12-11-18-7-6-14-28-23(18)29-19/h10-13,15,22H,1-9,14H2,(H,28,29)(H,30,31)(H,32,33)/t22-/m0/s1. The van der Waals surface area contributed by atoms with E-state index in [4.69, 9.17) is 10.2 Å². The number of benzene rings is 1. The number of carbonyl (C=O) groups excluding carboxylic acids is 1. The Balaban J connectivity index is 1.36. The van der Waals surface area contributed by atoms with Gasteiger partial charge in [0.2, 0.25) is 0 Å². The number of halogens is 1. The second-order valence-corrected chi connectivity index (χ2v) is 8.32. The van der Waals surface area contributed by atoms with Gasteiger partial charge < -0.3 is 15.7 Å². The third-order valence-electron chi connectivity index (χ3n) is 5.82. The van der Waals surface area contributed by atoms with E-state index in [1.54, 1.807) is 6.07 Å². The topological polar surface area (TPSA) is 115 Å². The molecule has 7 nitrogen and oxygen atoms in total. The number of aliphatic carboxylic acids is 1. The van der Waals surface area contributed by atoms with Crippen LogP contribution in [-0.4, -0.2) is 34.6 Å². The minimum absolute atomic E-state index is 0.0953. The molecular weight excluding hydrogens is 423 g/mol. The van der Waals surface area contributed by atoms with E-state index in [0.717, 1.165) is 69.1 Å². The van der Waals surface area contributed by atoms with Crippen molar-refractivity contribution < 1.29 is 19.1 Å². The van der Waals surface area contributed by atoms with Gasteiger partial charge >= 0.3 is 5.97 Å². The van der Waals surface area contributed by atoms with Gasteiger partial charge in [0.05, 0.1) is 17.2 Å². The zero-order chi connectivity index (χ0) is 23.6. The Kier molecular flexibility index (Phi) is 8.76. The van der Waals surface area contributed by atoms with Crippen molar-refractivity contribution in [2.75, 3.05) is 11.9 Å². The third kappa shape index (κ3) is 7.01. The molecule has 2 aromatic rings. The van der Waals surface area contributed by atoms with Crippen molar-refractivity contribution in [3.63, 3.8) is 0 Å². The number of nitrogens with zero attached hydrogens (tertiary/aromatic N) is 2. The van der Waals surface area contributed by atoms with E-state index in [1.165, 1.54) is 17.7 Å². The Labute approximate surface area is 193 Å². The highest BCUT2D eigenvalue weighted by molar-refractivity contribution is 5.96. The number of unbranched alkanes of at least 4 members (excludes halogenated alkanes) is 4. The molecule has 1 aromatic carbocycles. The highest BCUT2D eigenvalue weighted by atomic mass is 19.1. The van der Waals surface area contributed by atoms with Crippen LogP contribution in [0.1, 0.15) is 72.1 Å². The molecule has 0 saturated heterocycles. The molecule has 1 aromatic heterocycles. The van der Waals surface area contributed by atoms with Gasteiger partial charge in [0.25, 0.3) is 5.91 Å². The number of fused-ring (bicyclic) bond motifs is 1. The van der Waals surface area contributed by atoms with Crippen molar-refractivity contribution in [1.29, 1.82) is 5.26 Å². The predicted molar refractivity (Wildman–Crippen MR) is 122 cm³/mol. The van der Waals surface area contributed by atoms with Crippen molar-refractivity contribution in [2.24, 2.45) is 0 Å². The number of nitrogens with one attached hydrogen (secondary N) is 2. The molecule has 0 unspecified atom stereocenters. The molecule has 3 rings (SSSR count). The molecule has 8 heteroatoms. The summed E-state index contributed by atoms with van der Waals surface area (Å²) in [6.07, 6.45) is 7.92. The minimum atomic E-state index is -1.15. The molecule has 0 aliphatic carbocycles. The fourth-order valence-electron chi connectivity index (χ4n) is 3.96. The van der Waals surface area contributed by atoms with E-state index in [0.29, 0.717) is 6.42 Å².